The van der Waals surface area contributed by atoms with Crippen molar-refractivity contribution in [3.63, 3.8) is 0 Å². The molecular formula is C12H19N3O3. The van der Waals surface area contributed by atoms with Crippen LogP contribution in [0.5, 0.6) is 0 Å². The Morgan fingerprint density at radius 1 is 1.50 bits per heavy atom. The third-order valence-electron chi connectivity index (χ3n) is 4.33. The van der Waals surface area contributed by atoms with Gasteiger partial charge in [0.25, 0.3) is 0 Å². The van der Waals surface area contributed by atoms with Crippen LogP contribution in [0.4, 0.5) is 0 Å². The van der Waals surface area contributed by atoms with Crippen molar-refractivity contribution < 1.29 is 14.3 Å². The van der Waals surface area contributed by atoms with Gasteiger partial charge in [0, 0.05) is 26.2 Å². The van der Waals surface area contributed by atoms with Gasteiger partial charge in [-0.15, -0.1) is 0 Å². The van der Waals surface area contributed by atoms with E-state index in [4.69, 9.17) is 4.74 Å². The molecule has 0 aromatic heterocycles. The zero-order valence-electron chi connectivity index (χ0n) is 10.4. The Balaban J connectivity index is 1.79. The lowest BCUT2D eigenvalue weighted by atomic mass is 9.74. The van der Waals surface area contributed by atoms with Gasteiger partial charge in [-0.1, -0.05) is 0 Å². The fraction of sp³-hybridized carbons (Fsp3) is 0.833. The first kappa shape index (κ1) is 11.9. The molecule has 0 aromatic carbocycles. The standard InChI is InChI=1S/C12H19N3O3/c16-10-6-15(3-2-14-10)11(17)12-7-13-5-9(12)1-4-18-8-12/h9,13H,1-8H2,(H,14,16)/t9-,12+/m1/s1. The third kappa shape index (κ3) is 1.80. The molecule has 3 heterocycles. The van der Waals surface area contributed by atoms with Gasteiger partial charge in [-0.3, -0.25) is 9.59 Å². The largest absolute Gasteiger partial charge is 0.380 e. The van der Waals surface area contributed by atoms with Crippen molar-refractivity contribution in [3.05, 3.63) is 0 Å². The summed E-state index contributed by atoms with van der Waals surface area (Å²) in [5.74, 6) is 0.376. The summed E-state index contributed by atoms with van der Waals surface area (Å²) in [7, 11) is 0. The van der Waals surface area contributed by atoms with Crippen LogP contribution in [0.3, 0.4) is 0 Å². The van der Waals surface area contributed by atoms with Crippen LogP contribution in [0.2, 0.25) is 0 Å². The van der Waals surface area contributed by atoms with E-state index in [1.165, 1.54) is 0 Å². The number of carbonyl (C=O) groups is 2. The molecule has 0 saturated carbocycles. The van der Waals surface area contributed by atoms with Crippen LogP contribution in [0.15, 0.2) is 0 Å². The number of carbonyl (C=O) groups excluding carboxylic acids is 2. The fourth-order valence-corrected chi connectivity index (χ4v) is 3.28. The van der Waals surface area contributed by atoms with Gasteiger partial charge in [-0.05, 0) is 18.9 Å². The van der Waals surface area contributed by atoms with Crippen LogP contribution in [0, 0.1) is 11.3 Å². The average Bonchev–Trinajstić information content (AvgIpc) is 2.82. The van der Waals surface area contributed by atoms with Crippen molar-refractivity contribution in [2.45, 2.75) is 6.42 Å². The Morgan fingerprint density at radius 3 is 3.22 bits per heavy atom. The molecule has 0 unspecified atom stereocenters. The zero-order valence-corrected chi connectivity index (χ0v) is 10.4. The van der Waals surface area contributed by atoms with Gasteiger partial charge in [0.1, 0.15) is 0 Å². The number of hydrogen-bond acceptors (Lipinski definition) is 4. The van der Waals surface area contributed by atoms with E-state index in [0.717, 1.165) is 19.6 Å². The summed E-state index contributed by atoms with van der Waals surface area (Å²) in [6.07, 6.45) is 0.929. The molecule has 0 radical (unpaired) electrons. The van der Waals surface area contributed by atoms with E-state index in [2.05, 4.69) is 10.6 Å². The molecule has 0 spiro atoms. The number of nitrogens with one attached hydrogen (secondary N) is 2. The smallest absolute Gasteiger partial charge is 0.239 e. The number of fused-ring (bicyclic) bond motifs is 1. The normalized spacial score (nSPS) is 36.1. The molecule has 0 bridgehead atoms. The van der Waals surface area contributed by atoms with E-state index >= 15 is 0 Å². The highest BCUT2D eigenvalue weighted by Crippen LogP contribution is 2.39. The topological polar surface area (TPSA) is 70.7 Å². The number of piperazine rings is 1. The maximum atomic E-state index is 12.7. The molecule has 3 rings (SSSR count). The summed E-state index contributed by atoms with van der Waals surface area (Å²) in [6, 6.07) is 0. The molecule has 3 saturated heterocycles. The second kappa shape index (κ2) is 4.51. The highest BCUT2D eigenvalue weighted by molar-refractivity contribution is 5.89. The summed E-state index contributed by atoms with van der Waals surface area (Å²) < 4.78 is 5.54. The van der Waals surface area contributed by atoms with Crippen LogP contribution in [0.1, 0.15) is 6.42 Å². The molecule has 6 nitrogen and oxygen atoms in total. The monoisotopic (exact) mass is 253 g/mol. The van der Waals surface area contributed by atoms with Crippen molar-refractivity contribution in [3.8, 4) is 0 Å². The number of rotatable bonds is 1. The van der Waals surface area contributed by atoms with Gasteiger partial charge in [-0.2, -0.15) is 0 Å². The van der Waals surface area contributed by atoms with Gasteiger partial charge in [-0.25, -0.2) is 0 Å². The molecule has 6 heteroatoms. The van der Waals surface area contributed by atoms with Gasteiger partial charge in [0.05, 0.1) is 18.6 Å². The highest BCUT2D eigenvalue weighted by atomic mass is 16.5. The Morgan fingerprint density at radius 2 is 2.39 bits per heavy atom. The summed E-state index contributed by atoms with van der Waals surface area (Å²) in [5, 5.41) is 6.06. The molecule has 3 aliphatic rings. The van der Waals surface area contributed by atoms with Crippen LogP contribution in [0.25, 0.3) is 0 Å². The van der Waals surface area contributed by atoms with Crippen LogP contribution in [-0.4, -0.2) is 62.7 Å². The second-order valence-electron chi connectivity index (χ2n) is 5.40. The first-order chi connectivity index (χ1) is 8.72. The van der Waals surface area contributed by atoms with Crippen LogP contribution < -0.4 is 10.6 Å². The summed E-state index contributed by atoms with van der Waals surface area (Å²) in [6.45, 7) is 4.14. The van der Waals surface area contributed by atoms with Crippen molar-refractivity contribution in [2.75, 3.05) is 45.9 Å². The van der Waals surface area contributed by atoms with Gasteiger partial charge in [0.15, 0.2) is 0 Å². The van der Waals surface area contributed by atoms with Gasteiger partial charge in [0.2, 0.25) is 11.8 Å². The van der Waals surface area contributed by atoms with Crippen LogP contribution in [-0.2, 0) is 14.3 Å². The van der Waals surface area contributed by atoms with Crippen LogP contribution >= 0.6 is 0 Å². The number of hydrogen-bond donors (Lipinski definition) is 2. The molecule has 3 fully saturated rings. The molecule has 2 N–H and O–H groups in total. The van der Waals surface area contributed by atoms with Gasteiger partial charge < -0.3 is 20.3 Å². The maximum Gasteiger partial charge on any atom is 0.239 e. The van der Waals surface area contributed by atoms with Crippen molar-refractivity contribution in [2.24, 2.45) is 11.3 Å². The predicted octanol–water partition coefficient (Wildman–Crippen LogP) is -1.43. The van der Waals surface area contributed by atoms with E-state index in [0.29, 0.717) is 32.2 Å². The van der Waals surface area contributed by atoms with E-state index < -0.39 is 5.41 Å². The van der Waals surface area contributed by atoms with Crippen molar-refractivity contribution in [1.29, 1.82) is 0 Å². The summed E-state index contributed by atoms with van der Waals surface area (Å²) >= 11 is 0. The lowest BCUT2D eigenvalue weighted by molar-refractivity contribution is -0.155. The Labute approximate surface area is 106 Å². The zero-order chi connectivity index (χ0) is 12.6. The lowest BCUT2D eigenvalue weighted by Gasteiger charge is -2.41. The first-order valence-corrected chi connectivity index (χ1v) is 6.57. The minimum atomic E-state index is -0.435. The molecule has 3 aliphatic heterocycles. The van der Waals surface area contributed by atoms with E-state index in [1.54, 1.807) is 4.90 Å². The molecule has 0 aliphatic carbocycles. The van der Waals surface area contributed by atoms with Crippen molar-refractivity contribution in [1.82, 2.24) is 15.5 Å². The maximum absolute atomic E-state index is 12.7. The summed E-state index contributed by atoms with van der Waals surface area (Å²) in [4.78, 5) is 25.8. The predicted molar refractivity (Wildman–Crippen MR) is 63.8 cm³/mol. The molecule has 2 amide bonds. The molecule has 100 valence electrons. The number of ether oxygens (including phenoxy) is 1. The van der Waals surface area contributed by atoms with E-state index in [1.807, 2.05) is 0 Å². The minimum absolute atomic E-state index is 0.0646. The fourth-order valence-electron chi connectivity index (χ4n) is 3.28. The Hall–Kier alpha value is -1.14. The summed E-state index contributed by atoms with van der Waals surface area (Å²) in [5.41, 5.74) is -0.435. The Kier molecular flexibility index (Phi) is 2.99. The molecule has 0 aromatic rings. The van der Waals surface area contributed by atoms with Gasteiger partial charge >= 0.3 is 0 Å². The second-order valence-corrected chi connectivity index (χ2v) is 5.40. The first-order valence-electron chi connectivity index (χ1n) is 6.57. The van der Waals surface area contributed by atoms with E-state index in [9.17, 15) is 9.59 Å². The average molecular weight is 253 g/mol. The lowest BCUT2D eigenvalue weighted by Crippen LogP contribution is -2.58. The number of nitrogens with zero attached hydrogens (tertiary/aromatic N) is 1. The van der Waals surface area contributed by atoms with E-state index in [-0.39, 0.29) is 18.4 Å². The molecule has 18 heavy (non-hydrogen) atoms. The highest BCUT2D eigenvalue weighted by Gasteiger charge is 2.52. The van der Waals surface area contributed by atoms with Crippen molar-refractivity contribution >= 4 is 11.8 Å². The SMILES string of the molecule is O=C1CN(C(=O)[C@]23CNC[C@H]2CCOC3)CCN1. The molecular weight excluding hydrogens is 234 g/mol. The quantitative estimate of drug-likeness (QED) is 0.601. The number of amides is 2. The Bertz CT molecular complexity index is 374. The molecule has 2 atom stereocenters. The minimum Gasteiger partial charge on any atom is -0.380 e. The third-order valence-corrected chi connectivity index (χ3v) is 4.33.